The van der Waals surface area contributed by atoms with Crippen molar-refractivity contribution in [3.8, 4) is 0 Å². The monoisotopic (exact) mass is 396 g/mol. The lowest BCUT2D eigenvalue weighted by Gasteiger charge is -2.23. The molecule has 7 heteroatoms. The van der Waals surface area contributed by atoms with Gasteiger partial charge in [-0.3, -0.25) is 0 Å². The fourth-order valence-corrected chi connectivity index (χ4v) is 5.03. The Bertz CT molecular complexity index is 554. The van der Waals surface area contributed by atoms with Gasteiger partial charge in [-0.1, -0.05) is 28.8 Å². The summed E-state index contributed by atoms with van der Waals surface area (Å²) in [4.78, 5) is 0.292. The van der Waals surface area contributed by atoms with Gasteiger partial charge in [-0.15, -0.1) is 12.4 Å². The van der Waals surface area contributed by atoms with Gasteiger partial charge in [0.1, 0.15) is 0 Å². The second kappa shape index (κ2) is 7.92. The van der Waals surface area contributed by atoms with E-state index in [0.717, 1.165) is 22.9 Å². The zero-order chi connectivity index (χ0) is 14.8. The van der Waals surface area contributed by atoms with Crippen LogP contribution in [0.1, 0.15) is 31.2 Å². The molecular weight excluding hydrogens is 376 g/mol. The van der Waals surface area contributed by atoms with Gasteiger partial charge >= 0.3 is 0 Å². The minimum atomic E-state index is -3.51. The molecule has 1 atom stereocenters. The quantitative estimate of drug-likeness (QED) is 0.802. The first-order valence-electron chi connectivity index (χ1n) is 6.92. The van der Waals surface area contributed by atoms with E-state index in [0.29, 0.717) is 17.4 Å². The predicted octanol–water partition coefficient (Wildman–Crippen LogP) is 2.98. The van der Waals surface area contributed by atoms with Gasteiger partial charge in [-0.25, -0.2) is 13.1 Å². The van der Waals surface area contributed by atoms with Crippen molar-refractivity contribution in [3.63, 3.8) is 0 Å². The lowest BCUT2D eigenvalue weighted by atomic mass is 9.99. The molecule has 120 valence electrons. The second-order valence-corrected chi connectivity index (χ2v) is 8.10. The van der Waals surface area contributed by atoms with Crippen LogP contribution in [0.3, 0.4) is 0 Å². The zero-order valence-corrected chi connectivity index (χ0v) is 15.2. The number of hydrogen-bond acceptors (Lipinski definition) is 3. The van der Waals surface area contributed by atoms with Crippen molar-refractivity contribution < 1.29 is 8.42 Å². The molecule has 1 saturated carbocycles. The van der Waals surface area contributed by atoms with Crippen molar-refractivity contribution in [3.05, 3.63) is 28.2 Å². The van der Waals surface area contributed by atoms with Crippen LogP contribution in [-0.4, -0.2) is 21.0 Å². The van der Waals surface area contributed by atoms with E-state index in [4.69, 9.17) is 5.73 Å². The highest BCUT2D eigenvalue weighted by Gasteiger charge is 2.28. The van der Waals surface area contributed by atoms with Crippen LogP contribution in [-0.2, 0) is 10.0 Å². The molecule has 0 aromatic heterocycles. The highest BCUT2D eigenvalue weighted by Crippen LogP contribution is 2.28. The third-order valence-electron chi connectivity index (χ3n) is 3.86. The topological polar surface area (TPSA) is 72.2 Å². The van der Waals surface area contributed by atoms with Crippen LogP contribution in [0.25, 0.3) is 0 Å². The number of sulfonamides is 1. The molecule has 1 aromatic rings. The first-order chi connectivity index (χ1) is 9.42. The van der Waals surface area contributed by atoms with Gasteiger partial charge in [-0.05, 0) is 49.4 Å². The number of nitrogens with one attached hydrogen (secondary N) is 1. The summed E-state index contributed by atoms with van der Waals surface area (Å²) in [5.41, 5.74) is 6.67. The molecule has 1 aliphatic rings. The number of halogens is 2. The number of rotatable bonds is 5. The maximum absolute atomic E-state index is 12.5. The van der Waals surface area contributed by atoms with Gasteiger partial charge < -0.3 is 5.73 Å². The molecule has 3 N–H and O–H groups in total. The van der Waals surface area contributed by atoms with Gasteiger partial charge in [0.15, 0.2) is 0 Å². The second-order valence-electron chi connectivity index (χ2n) is 5.47. The average Bonchev–Trinajstić information content (AvgIpc) is 2.88. The maximum atomic E-state index is 12.5. The Morgan fingerprint density at radius 1 is 1.33 bits per heavy atom. The molecule has 1 aliphatic carbocycles. The molecule has 0 radical (unpaired) electrons. The summed E-state index contributed by atoms with van der Waals surface area (Å²) in [6.07, 6.45) is 4.45. The van der Waals surface area contributed by atoms with Crippen LogP contribution in [0.4, 0.5) is 0 Å². The van der Waals surface area contributed by atoms with Gasteiger partial charge in [-0.2, -0.15) is 0 Å². The van der Waals surface area contributed by atoms with E-state index in [9.17, 15) is 8.42 Å². The van der Waals surface area contributed by atoms with Crippen LogP contribution in [0.15, 0.2) is 27.6 Å². The molecule has 1 unspecified atom stereocenters. The van der Waals surface area contributed by atoms with Crippen LogP contribution in [0.5, 0.6) is 0 Å². The number of aryl methyl sites for hydroxylation is 1. The first-order valence-corrected chi connectivity index (χ1v) is 9.19. The summed E-state index contributed by atoms with van der Waals surface area (Å²) in [6, 6.07) is 5.02. The van der Waals surface area contributed by atoms with E-state index < -0.39 is 10.0 Å². The van der Waals surface area contributed by atoms with E-state index in [2.05, 4.69) is 20.7 Å². The van der Waals surface area contributed by atoms with Gasteiger partial charge in [0.25, 0.3) is 0 Å². The minimum Gasteiger partial charge on any atom is -0.329 e. The Hall–Kier alpha value is -0.140. The van der Waals surface area contributed by atoms with Gasteiger partial charge in [0.05, 0.1) is 4.90 Å². The number of nitrogens with two attached hydrogens (primary N) is 1. The fraction of sp³-hybridized carbons (Fsp3) is 0.571. The molecule has 1 fully saturated rings. The van der Waals surface area contributed by atoms with Crippen LogP contribution in [0, 0.1) is 12.8 Å². The van der Waals surface area contributed by atoms with E-state index >= 15 is 0 Å². The minimum absolute atomic E-state index is 0. The summed E-state index contributed by atoms with van der Waals surface area (Å²) in [5.74, 6) is 0.364. The highest BCUT2D eigenvalue weighted by atomic mass is 79.9. The summed E-state index contributed by atoms with van der Waals surface area (Å²) < 4.78 is 28.5. The molecule has 0 saturated heterocycles. The summed E-state index contributed by atoms with van der Waals surface area (Å²) in [7, 11) is -3.51. The van der Waals surface area contributed by atoms with E-state index in [-0.39, 0.29) is 18.4 Å². The SMILES string of the molecule is Cc1cc(Br)cc(S(=O)(=O)NC(CN)C2CCCC2)c1.Cl. The lowest BCUT2D eigenvalue weighted by Crippen LogP contribution is -2.44. The Morgan fingerprint density at radius 2 is 1.95 bits per heavy atom. The third-order valence-corrected chi connectivity index (χ3v) is 5.78. The molecule has 1 aromatic carbocycles. The molecule has 0 bridgehead atoms. The van der Waals surface area contributed by atoms with Gasteiger partial charge in [0.2, 0.25) is 10.0 Å². The fourth-order valence-electron chi connectivity index (χ4n) is 2.82. The first kappa shape index (κ1) is 18.9. The smallest absolute Gasteiger partial charge is 0.240 e. The maximum Gasteiger partial charge on any atom is 0.240 e. The molecule has 0 spiro atoms. The standard InChI is InChI=1S/C14H21BrN2O2S.ClH/c1-10-6-12(15)8-13(7-10)20(18,19)17-14(9-16)11-4-2-3-5-11;/h6-8,11,14,17H,2-5,9,16H2,1H3;1H. The van der Waals surface area contributed by atoms with Crippen LogP contribution < -0.4 is 10.5 Å². The number of hydrogen-bond donors (Lipinski definition) is 2. The predicted molar refractivity (Wildman–Crippen MR) is 91.2 cm³/mol. The summed E-state index contributed by atoms with van der Waals surface area (Å²) in [5, 5.41) is 0. The third kappa shape index (κ3) is 4.93. The largest absolute Gasteiger partial charge is 0.329 e. The van der Waals surface area contributed by atoms with Crippen molar-refractivity contribution in [1.82, 2.24) is 4.72 Å². The molecule has 2 rings (SSSR count). The summed E-state index contributed by atoms with van der Waals surface area (Å²) in [6.45, 7) is 2.22. The van der Waals surface area contributed by atoms with E-state index in [1.165, 1.54) is 12.8 Å². The zero-order valence-electron chi connectivity index (χ0n) is 12.0. The molecule has 0 aliphatic heterocycles. The molecule has 4 nitrogen and oxygen atoms in total. The van der Waals surface area contributed by atoms with E-state index in [1.54, 1.807) is 12.1 Å². The Labute approximate surface area is 141 Å². The van der Waals surface area contributed by atoms with Gasteiger partial charge in [0, 0.05) is 17.1 Å². The molecule has 0 heterocycles. The van der Waals surface area contributed by atoms with Crippen LogP contribution in [0.2, 0.25) is 0 Å². The molecule has 21 heavy (non-hydrogen) atoms. The van der Waals surface area contributed by atoms with Crippen molar-refractivity contribution in [2.75, 3.05) is 6.54 Å². The Balaban J connectivity index is 0.00000220. The Morgan fingerprint density at radius 3 is 2.48 bits per heavy atom. The molecule has 0 amide bonds. The van der Waals surface area contributed by atoms with Crippen molar-refractivity contribution in [1.29, 1.82) is 0 Å². The van der Waals surface area contributed by atoms with Crippen LogP contribution >= 0.6 is 28.3 Å². The van der Waals surface area contributed by atoms with Crippen molar-refractivity contribution in [2.24, 2.45) is 11.7 Å². The Kier molecular flexibility index (Phi) is 7.13. The van der Waals surface area contributed by atoms with Crippen molar-refractivity contribution >= 4 is 38.4 Å². The van der Waals surface area contributed by atoms with Crippen molar-refractivity contribution in [2.45, 2.75) is 43.5 Å². The lowest BCUT2D eigenvalue weighted by molar-refractivity contribution is 0.405. The number of benzene rings is 1. The normalized spacial score (nSPS) is 17.5. The summed E-state index contributed by atoms with van der Waals surface area (Å²) >= 11 is 3.34. The average molecular weight is 398 g/mol. The highest BCUT2D eigenvalue weighted by molar-refractivity contribution is 9.10. The van der Waals surface area contributed by atoms with E-state index in [1.807, 2.05) is 13.0 Å². The molecular formula is C14H22BrClN2O2S.